The Morgan fingerprint density at radius 1 is 1.32 bits per heavy atom. The van der Waals surface area contributed by atoms with Crippen LogP contribution in [0.2, 0.25) is 0 Å². The molecular formula is C15H30N2O2. The topological polar surface area (TPSA) is 49.4 Å². The molecule has 0 bridgehead atoms. The van der Waals surface area contributed by atoms with E-state index in [-0.39, 0.29) is 11.9 Å². The Bertz CT molecular complexity index is 269. The first kappa shape index (κ1) is 18.1. The van der Waals surface area contributed by atoms with Crippen LogP contribution in [-0.4, -0.2) is 42.8 Å². The largest absolute Gasteiger partial charge is 0.345 e. The molecule has 0 aromatic heterocycles. The molecule has 1 rings (SSSR count). The van der Waals surface area contributed by atoms with Crippen LogP contribution in [0, 0.1) is 5.92 Å². The van der Waals surface area contributed by atoms with E-state index >= 15 is 0 Å². The molecule has 1 fully saturated rings. The summed E-state index contributed by atoms with van der Waals surface area (Å²) >= 11 is 0. The first-order valence-corrected chi connectivity index (χ1v) is 7.60. The van der Waals surface area contributed by atoms with Crippen molar-refractivity contribution in [3.63, 3.8) is 0 Å². The summed E-state index contributed by atoms with van der Waals surface area (Å²) in [6.45, 7) is 9.51. The Hall–Kier alpha value is -0.900. The summed E-state index contributed by atoms with van der Waals surface area (Å²) in [6.07, 6.45) is 2.96. The normalized spacial score (nSPS) is 17.4. The highest BCUT2D eigenvalue weighted by Crippen LogP contribution is 2.25. The molecule has 4 nitrogen and oxygen atoms in total. The van der Waals surface area contributed by atoms with E-state index in [0.29, 0.717) is 24.5 Å². The van der Waals surface area contributed by atoms with Gasteiger partial charge in [-0.3, -0.25) is 9.59 Å². The molecule has 0 aliphatic heterocycles. The van der Waals surface area contributed by atoms with Crippen molar-refractivity contribution in [2.75, 3.05) is 20.1 Å². The third kappa shape index (κ3) is 5.72. The summed E-state index contributed by atoms with van der Waals surface area (Å²) in [5, 5.41) is 3.28. The predicted molar refractivity (Wildman–Crippen MR) is 79.1 cm³/mol. The van der Waals surface area contributed by atoms with Gasteiger partial charge in [0.2, 0.25) is 5.91 Å². The minimum Gasteiger partial charge on any atom is -0.345 e. The van der Waals surface area contributed by atoms with Gasteiger partial charge < -0.3 is 10.2 Å². The summed E-state index contributed by atoms with van der Waals surface area (Å²) in [5.74, 6) is 0.815. The van der Waals surface area contributed by atoms with Gasteiger partial charge in [-0.1, -0.05) is 20.8 Å². The molecule has 1 atom stereocenters. The maximum atomic E-state index is 12.2. The smallest absolute Gasteiger partial charge is 0.239 e. The zero-order valence-electron chi connectivity index (χ0n) is 13.2. The monoisotopic (exact) mass is 270 g/mol. The molecule has 1 amide bonds. The Balaban J connectivity index is 0.00000154. The summed E-state index contributed by atoms with van der Waals surface area (Å²) < 4.78 is 0. The van der Waals surface area contributed by atoms with Crippen LogP contribution in [0.4, 0.5) is 0 Å². The van der Waals surface area contributed by atoms with Crippen LogP contribution in [0.15, 0.2) is 0 Å². The number of hydrogen-bond donors (Lipinski definition) is 1. The van der Waals surface area contributed by atoms with Crippen LogP contribution in [0.3, 0.4) is 0 Å². The second kappa shape index (κ2) is 9.96. The van der Waals surface area contributed by atoms with Gasteiger partial charge in [-0.15, -0.1) is 0 Å². The standard InChI is InChI=1S/C13H24N2O2.C2H6/c1-4-14-12(13(17)15(3)5-2)10-6-8-11(16)9-7-10;1-2/h10,12,14H,4-9H2,1-3H3;1-2H3/t12-;/m0./s1. The molecule has 19 heavy (non-hydrogen) atoms. The maximum Gasteiger partial charge on any atom is 0.239 e. The van der Waals surface area contributed by atoms with Crippen molar-refractivity contribution in [3.8, 4) is 0 Å². The molecule has 0 spiro atoms. The number of rotatable bonds is 5. The summed E-state index contributed by atoms with van der Waals surface area (Å²) in [6, 6.07) is -0.113. The molecular weight excluding hydrogens is 240 g/mol. The maximum absolute atomic E-state index is 12.2. The van der Waals surface area contributed by atoms with Gasteiger partial charge in [0, 0.05) is 26.4 Å². The van der Waals surface area contributed by atoms with E-state index in [1.54, 1.807) is 4.90 Å². The third-order valence-corrected chi connectivity index (χ3v) is 3.60. The highest BCUT2D eigenvalue weighted by atomic mass is 16.2. The number of Topliss-reactive ketones (excluding diaryl/α,β-unsaturated/α-hetero) is 1. The lowest BCUT2D eigenvalue weighted by atomic mass is 9.82. The van der Waals surface area contributed by atoms with E-state index in [1.807, 2.05) is 34.7 Å². The first-order chi connectivity index (χ1) is 9.10. The second-order valence-corrected chi connectivity index (χ2v) is 4.76. The molecule has 1 aliphatic rings. The predicted octanol–water partition coefficient (Wildman–Crippen LogP) is 2.23. The first-order valence-electron chi connectivity index (χ1n) is 7.60. The van der Waals surface area contributed by atoms with E-state index < -0.39 is 0 Å². The summed E-state index contributed by atoms with van der Waals surface area (Å²) in [7, 11) is 1.83. The number of hydrogen-bond acceptors (Lipinski definition) is 3. The summed E-state index contributed by atoms with van der Waals surface area (Å²) in [5.41, 5.74) is 0. The van der Waals surface area contributed by atoms with Gasteiger partial charge in [0.25, 0.3) is 0 Å². The van der Waals surface area contributed by atoms with Crippen molar-refractivity contribution >= 4 is 11.7 Å². The minimum absolute atomic E-state index is 0.113. The van der Waals surface area contributed by atoms with Crippen LogP contribution in [0.5, 0.6) is 0 Å². The fourth-order valence-electron chi connectivity index (χ4n) is 2.36. The Morgan fingerprint density at radius 3 is 2.26 bits per heavy atom. The van der Waals surface area contributed by atoms with E-state index in [1.165, 1.54) is 0 Å². The molecule has 1 saturated carbocycles. The van der Waals surface area contributed by atoms with Crippen LogP contribution in [0.1, 0.15) is 53.4 Å². The van der Waals surface area contributed by atoms with Gasteiger partial charge in [-0.2, -0.15) is 0 Å². The summed E-state index contributed by atoms with van der Waals surface area (Å²) in [4.78, 5) is 25.2. The highest BCUT2D eigenvalue weighted by Gasteiger charge is 2.31. The molecule has 0 aromatic carbocycles. The zero-order chi connectivity index (χ0) is 14.8. The number of carbonyl (C=O) groups is 2. The average Bonchev–Trinajstić information content (AvgIpc) is 2.46. The van der Waals surface area contributed by atoms with E-state index in [2.05, 4.69) is 5.32 Å². The van der Waals surface area contributed by atoms with Crippen molar-refractivity contribution in [3.05, 3.63) is 0 Å². The SMILES string of the molecule is CC.CCN[C@H](C(=O)N(C)CC)C1CCC(=O)CC1. The lowest BCUT2D eigenvalue weighted by molar-refractivity contribution is -0.134. The fraction of sp³-hybridized carbons (Fsp3) is 0.867. The minimum atomic E-state index is -0.113. The number of nitrogens with one attached hydrogen (secondary N) is 1. The number of ketones is 1. The molecule has 0 radical (unpaired) electrons. The molecule has 1 aliphatic carbocycles. The lowest BCUT2D eigenvalue weighted by Crippen LogP contribution is -2.50. The highest BCUT2D eigenvalue weighted by molar-refractivity contribution is 5.83. The molecule has 112 valence electrons. The number of nitrogens with zero attached hydrogens (tertiary/aromatic N) is 1. The van der Waals surface area contributed by atoms with E-state index in [4.69, 9.17) is 0 Å². The van der Waals surface area contributed by atoms with Gasteiger partial charge in [-0.25, -0.2) is 0 Å². The van der Waals surface area contributed by atoms with Crippen molar-refractivity contribution in [2.24, 2.45) is 5.92 Å². The van der Waals surface area contributed by atoms with Crippen LogP contribution >= 0.6 is 0 Å². The molecule has 1 N–H and O–H groups in total. The zero-order valence-corrected chi connectivity index (χ0v) is 13.2. The second-order valence-electron chi connectivity index (χ2n) is 4.76. The Labute approximate surface area is 117 Å². The van der Waals surface area contributed by atoms with Gasteiger partial charge in [0.15, 0.2) is 0 Å². The number of likely N-dealkylation sites (N-methyl/N-ethyl adjacent to an activating group) is 2. The number of amides is 1. The van der Waals surface area contributed by atoms with E-state index in [9.17, 15) is 9.59 Å². The fourth-order valence-corrected chi connectivity index (χ4v) is 2.36. The van der Waals surface area contributed by atoms with Crippen molar-refractivity contribution in [1.29, 1.82) is 0 Å². The van der Waals surface area contributed by atoms with Gasteiger partial charge in [0.05, 0.1) is 6.04 Å². The van der Waals surface area contributed by atoms with E-state index in [0.717, 1.165) is 25.9 Å². The number of carbonyl (C=O) groups excluding carboxylic acids is 2. The lowest BCUT2D eigenvalue weighted by Gasteiger charge is -2.32. The van der Waals surface area contributed by atoms with Crippen LogP contribution in [0.25, 0.3) is 0 Å². The molecule has 0 aromatic rings. The van der Waals surface area contributed by atoms with Gasteiger partial charge in [-0.05, 0) is 32.2 Å². The molecule has 4 heteroatoms. The average molecular weight is 270 g/mol. The van der Waals surface area contributed by atoms with Crippen molar-refractivity contribution in [2.45, 2.75) is 59.4 Å². The van der Waals surface area contributed by atoms with Gasteiger partial charge in [0.1, 0.15) is 5.78 Å². The Kier molecular flexibility index (Phi) is 9.48. The molecule has 0 saturated heterocycles. The van der Waals surface area contributed by atoms with Crippen LogP contribution in [-0.2, 0) is 9.59 Å². The van der Waals surface area contributed by atoms with Gasteiger partial charge >= 0.3 is 0 Å². The molecule has 0 unspecified atom stereocenters. The van der Waals surface area contributed by atoms with Crippen LogP contribution < -0.4 is 5.32 Å². The quantitative estimate of drug-likeness (QED) is 0.833. The molecule has 0 heterocycles. The Morgan fingerprint density at radius 2 is 1.84 bits per heavy atom. The third-order valence-electron chi connectivity index (χ3n) is 3.60. The van der Waals surface area contributed by atoms with Crippen molar-refractivity contribution < 1.29 is 9.59 Å². The van der Waals surface area contributed by atoms with Crippen molar-refractivity contribution in [1.82, 2.24) is 10.2 Å².